The van der Waals surface area contributed by atoms with E-state index in [1.807, 2.05) is 0 Å². The monoisotopic (exact) mass is 242 g/mol. The minimum absolute atomic E-state index is 0.144. The maximum absolute atomic E-state index is 3.52. The van der Waals surface area contributed by atoms with E-state index in [4.69, 9.17) is 0 Å². The zero-order chi connectivity index (χ0) is 13.2. The molecule has 0 saturated carbocycles. The summed E-state index contributed by atoms with van der Waals surface area (Å²) in [6.07, 6.45) is 0. The van der Waals surface area contributed by atoms with Gasteiger partial charge < -0.3 is 10.2 Å². The molecule has 2 heteroatoms. The number of benzene rings is 2. The third kappa shape index (κ3) is 2.82. The zero-order valence-corrected chi connectivity index (χ0v) is 11.7. The standard InChI is InChI=1S/C16H22N2/c1-16(2,18(3)4)12-17-15-10-9-13-7-5-6-8-14(13)11-15/h5-11,17H,12H2,1-4H3. The van der Waals surface area contributed by atoms with Crippen molar-refractivity contribution in [2.24, 2.45) is 0 Å². The number of hydrogen-bond acceptors (Lipinski definition) is 2. The molecule has 18 heavy (non-hydrogen) atoms. The molecule has 0 unspecified atom stereocenters. The molecule has 0 aliphatic carbocycles. The van der Waals surface area contributed by atoms with Crippen molar-refractivity contribution >= 4 is 16.5 Å². The highest BCUT2D eigenvalue weighted by Crippen LogP contribution is 2.20. The highest BCUT2D eigenvalue weighted by molar-refractivity contribution is 5.85. The van der Waals surface area contributed by atoms with Gasteiger partial charge in [-0.3, -0.25) is 0 Å². The predicted octanol–water partition coefficient (Wildman–Crippen LogP) is 3.59. The highest BCUT2D eigenvalue weighted by Gasteiger charge is 2.19. The third-order valence-electron chi connectivity index (χ3n) is 3.69. The summed E-state index contributed by atoms with van der Waals surface area (Å²) in [6.45, 7) is 5.40. The maximum atomic E-state index is 3.52. The number of nitrogens with zero attached hydrogens (tertiary/aromatic N) is 1. The molecule has 0 amide bonds. The van der Waals surface area contributed by atoms with Crippen molar-refractivity contribution in [3.63, 3.8) is 0 Å². The van der Waals surface area contributed by atoms with Gasteiger partial charge in [0.2, 0.25) is 0 Å². The number of likely N-dealkylation sites (N-methyl/N-ethyl adjacent to an activating group) is 1. The van der Waals surface area contributed by atoms with Crippen LogP contribution in [0.5, 0.6) is 0 Å². The van der Waals surface area contributed by atoms with Gasteiger partial charge in [0.05, 0.1) is 0 Å². The predicted molar refractivity (Wildman–Crippen MR) is 80.2 cm³/mol. The fraction of sp³-hybridized carbons (Fsp3) is 0.375. The molecule has 0 aliphatic rings. The highest BCUT2D eigenvalue weighted by atomic mass is 15.2. The van der Waals surface area contributed by atoms with Gasteiger partial charge in [-0.1, -0.05) is 30.3 Å². The average Bonchev–Trinajstić information content (AvgIpc) is 2.36. The number of hydrogen-bond donors (Lipinski definition) is 1. The van der Waals surface area contributed by atoms with E-state index < -0.39 is 0 Å². The van der Waals surface area contributed by atoms with Crippen molar-refractivity contribution in [3.05, 3.63) is 42.5 Å². The van der Waals surface area contributed by atoms with Crippen LogP contribution in [0.3, 0.4) is 0 Å². The fourth-order valence-corrected chi connectivity index (χ4v) is 1.78. The Morgan fingerprint density at radius 2 is 1.67 bits per heavy atom. The zero-order valence-electron chi connectivity index (χ0n) is 11.7. The minimum atomic E-state index is 0.144. The van der Waals surface area contributed by atoms with Crippen LogP contribution in [0.15, 0.2) is 42.5 Å². The molecule has 0 atom stereocenters. The smallest absolute Gasteiger partial charge is 0.0347 e. The molecule has 2 aromatic rings. The van der Waals surface area contributed by atoms with Crippen molar-refractivity contribution in [1.29, 1.82) is 0 Å². The second kappa shape index (κ2) is 4.99. The van der Waals surface area contributed by atoms with Crippen LogP contribution in [0.4, 0.5) is 5.69 Å². The average molecular weight is 242 g/mol. The van der Waals surface area contributed by atoms with Gasteiger partial charge in [-0.15, -0.1) is 0 Å². The van der Waals surface area contributed by atoms with Crippen molar-refractivity contribution in [3.8, 4) is 0 Å². The Hall–Kier alpha value is -1.54. The normalized spacial score (nSPS) is 12.1. The van der Waals surface area contributed by atoms with Gasteiger partial charge in [0.1, 0.15) is 0 Å². The number of fused-ring (bicyclic) bond motifs is 1. The lowest BCUT2D eigenvalue weighted by atomic mass is 10.0. The van der Waals surface area contributed by atoms with Crippen molar-refractivity contribution in [2.45, 2.75) is 19.4 Å². The van der Waals surface area contributed by atoms with Crippen LogP contribution < -0.4 is 5.32 Å². The Morgan fingerprint density at radius 1 is 1.00 bits per heavy atom. The lowest BCUT2D eigenvalue weighted by Crippen LogP contribution is -2.44. The molecule has 0 radical (unpaired) electrons. The van der Waals surface area contributed by atoms with Crippen LogP contribution in [-0.2, 0) is 0 Å². The van der Waals surface area contributed by atoms with E-state index in [0.717, 1.165) is 6.54 Å². The first-order chi connectivity index (χ1) is 8.49. The Kier molecular flexibility index (Phi) is 3.58. The van der Waals surface area contributed by atoms with Gasteiger partial charge >= 0.3 is 0 Å². The van der Waals surface area contributed by atoms with Gasteiger partial charge in [0.25, 0.3) is 0 Å². The molecule has 2 nitrogen and oxygen atoms in total. The Balaban J connectivity index is 2.13. The lowest BCUT2D eigenvalue weighted by Gasteiger charge is -2.33. The molecular formula is C16H22N2. The van der Waals surface area contributed by atoms with Crippen molar-refractivity contribution in [2.75, 3.05) is 26.0 Å². The summed E-state index contributed by atoms with van der Waals surface area (Å²) in [6, 6.07) is 15.0. The third-order valence-corrected chi connectivity index (χ3v) is 3.69. The summed E-state index contributed by atoms with van der Waals surface area (Å²) in [5, 5.41) is 6.09. The van der Waals surface area contributed by atoms with Crippen LogP contribution in [0, 0.1) is 0 Å². The van der Waals surface area contributed by atoms with Crippen molar-refractivity contribution < 1.29 is 0 Å². The molecule has 96 valence electrons. The van der Waals surface area contributed by atoms with E-state index in [9.17, 15) is 0 Å². The summed E-state index contributed by atoms with van der Waals surface area (Å²) in [5.74, 6) is 0. The molecular weight excluding hydrogens is 220 g/mol. The van der Waals surface area contributed by atoms with E-state index in [0.29, 0.717) is 0 Å². The molecule has 0 bridgehead atoms. The second-order valence-electron chi connectivity index (χ2n) is 5.62. The fourth-order valence-electron chi connectivity index (χ4n) is 1.78. The van der Waals surface area contributed by atoms with E-state index in [1.165, 1.54) is 16.5 Å². The van der Waals surface area contributed by atoms with E-state index in [2.05, 4.69) is 80.6 Å². The molecule has 0 aliphatic heterocycles. The molecule has 0 saturated heterocycles. The molecule has 0 fully saturated rings. The molecule has 2 rings (SSSR count). The van der Waals surface area contributed by atoms with Gasteiger partial charge in [-0.25, -0.2) is 0 Å². The van der Waals surface area contributed by atoms with E-state index >= 15 is 0 Å². The number of anilines is 1. The van der Waals surface area contributed by atoms with Crippen LogP contribution in [-0.4, -0.2) is 31.1 Å². The Morgan fingerprint density at radius 3 is 2.33 bits per heavy atom. The van der Waals surface area contributed by atoms with Crippen molar-refractivity contribution in [1.82, 2.24) is 4.90 Å². The van der Waals surface area contributed by atoms with E-state index in [-0.39, 0.29) is 5.54 Å². The van der Waals surface area contributed by atoms with Gasteiger partial charge in [-0.05, 0) is 50.8 Å². The Labute approximate surface area is 110 Å². The topological polar surface area (TPSA) is 15.3 Å². The summed E-state index contributed by atoms with van der Waals surface area (Å²) in [5.41, 5.74) is 1.33. The quantitative estimate of drug-likeness (QED) is 0.881. The molecule has 0 heterocycles. The van der Waals surface area contributed by atoms with Crippen LogP contribution >= 0.6 is 0 Å². The lowest BCUT2D eigenvalue weighted by molar-refractivity contribution is 0.210. The first-order valence-corrected chi connectivity index (χ1v) is 6.39. The minimum Gasteiger partial charge on any atom is -0.383 e. The summed E-state index contributed by atoms with van der Waals surface area (Å²) < 4.78 is 0. The molecule has 2 aromatic carbocycles. The summed E-state index contributed by atoms with van der Waals surface area (Å²) in [4.78, 5) is 2.24. The number of nitrogens with one attached hydrogen (secondary N) is 1. The first-order valence-electron chi connectivity index (χ1n) is 6.39. The Bertz CT molecular complexity index is 529. The SMILES string of the molecule is CN(C)C(C)(C)CNc1ccc2ccccc2c1. The van der Waals surface area contributed by atoms with Crippen LogP contribution in [0.1, 0.15) is 13.8 Å². The summed E-state index contributed by atoms with van der Waals surface area (Å²) >= 11 is 0. The molecule has 1 N–H and O–H groups in total. The molecule has 0 aromatic heterocycles. The number of rotatable bonds is 4. The largest absolute Gasteiger partial charge is 0.383 e. The van der Waals surface area contributed by atoms with Gasteiger partial charge in [0.15, 0.2) is 0 Å². The van der Waals surface area contributed by atoms with Gasteiger partial charge in [-0.2, -0.15) is 0 Å². The van der Waals surface area contributed by atoms with E-state index in [1.54, 1.807) is 0 Å². The second-order valence-corrected chi connectivity index (χ2v) is 5.62. The molecule has 0 spiro atoms. The summed E-state index contributed by atoms with van der Waals surface area (Å²) in [7, 11) is 4.23. The maximum Gasteiger partial charge on any atom is 0.0347 e. The first kappa shape index (κ1) is 12.9. The van der Waals surface area contributed by atoms with Crippen LogP contribution in [0.25, 0.3) is 10.8 Å². The van der Waals surface area contributed by atoms with Gasteiger partial charge in [0, 0.05) is 17.8 Å². The van der Waals surface area contributed by atoms with Crippen LogP contribution in [0.2, 0.25) is 0 Å².